The first kappa shape index (κ1) is 16.3. The SMILES string of the molecule is Cc1onc(-c2c(Cl)cccc2Cl)c1C(=O)N1CCC(C)CC1. The molecule has 1 amide bonds. The molecule has 2 aromatic rings. The number of piperidine rings is 1. The van der Waals surface area contributed by atoms with Crippen molar-refractivity contribution in [1.29, 1.82) is 0 Å². The third-order valence-electron chi connectivity index (χ3n) is 4.35. The second kappa shape index (κ2) is 6.54. The number of aryl methyl sites for hydroxylation is 1. The summed E-state index contributed by atoms with van der Waals surface area (Å²) in [7, 11) is 0. The van der Waals surface area contributed by atoms with Crippen molar-refractivity contribution in [2.75, 3.05) is 13.1 Å². The van der Waals surface area contributed by atoms with Crippen LogP contribution in [-0.2, 0) is 0 Å². The summed E-state index contributed by atoms with van der Waals surface area (Å²) < 4.78 is 5.28. The lowest BCUT2D eigenvalue weighted by molar-refractivity contribution is 0.0696. The molecule has 1 saturated heterocycles. The van der Waals surface area contributed by atoms with Crippen LogP contribution in [0.15, 0.2) is 22.7 Å². The van der Waals surface area contributed by atoms with Crippen LogP contribution < -0.4 is 0 Å². The molecule has 0 saturated carbocycles. The van der Waals surface area contributed by atoms with Gasteiger partial charge in [0.05, 0.1) is 10.0 Å². The van der Waals surface area contributed by atoms with E-state index in [4.69, 9.17) is 27.7 Å². The van der Waals surface area contributed by atoms with E-state index >= 15 is 0 Å². The number of aromatic nitrogens is 1. The topological polar surface area (TPSA) is 46.3 Å². The van der Waals surface area contributed by atoms with E-state index in [2.05, 4.69) is 12.1 Å². The zero-order valence-electron chi connectivity index (χ0n) is 13.1. The molecule has 1 aliphatic rings. The monoisotopic (exact) mass is 352 g/mol. The summed E-state index contributed by atoms with van der Waals surface area (Å²) >= 11 is 12.5. The normalized spacial score (nSPS) is 15.9. The van der Waals surface area contributed by atoms with Crippen molar-refractivity contribution in [2.24, 2.45) is 5.92 Å². The number of benzene rings is 1. The smallest absolute Gasteiger partial charge is 0.259 e. The van der Waals surface area contributed by atoms with E-state index in [1.807, 2.05) is 4.90 Å². The van der Waals surface area contributed by atoms with Crippen LogP contribution in [0.2, 0.25) is 10.0 Å². The van der Waals surface area contributed by atoms with Crippen LogP contribution in [0.1, 0.15) is 35.9 Å². The minimum atomic E-state index is -0.0679. The van der Waals surface area contributed by atoms with Crippen LogP contribution in [0.25, 0.3) is 11.3 Å². The van der Waals surface area contributed by atoms with Crippen molar-refractivity contribution >= 4 is 29.1 Å². The van der Waals surface area contributed by atoms with Crippen LogP contribution in [0.5, 0.6) is 0 Å². The van der Waals surface area contributed by atoms with Gasteiger partial charge in [0.25, 0.3) is 5.91 Å². The first-order chi connectivity index (χ1) is 11.0. The predicted molar refractivity (Wildman–Crippen MR) is 91.0 cm³/mol. The van der Waals surface area contributed by atoms with Gasteiger partial charge in [0.1, 0.15) is 17.0 Å². The number of nitrogens with zero attached hydrogens (tertiary/aromatic N) is 2. The van der Waals surface area contributed by atoms with Gasteiger partial charge in [0, 0.05) is 18.7 Å². The molecule has 4 nitrogen and oxygen atoms in total. The van der Waals surface area contributed by atoms with Crippen molar-refractivity contribution in [3.63, 3.8) is 0 Å². The van der Waals surface area contributed by atoms with Crippen molar-refractivity contribution in [3.8, 4) is 11.3 Å². The van der Waals surface area contributed by atoms with E-state index in [0.29, 0.717) is 38.5 Å². The average molecular weight is 353 g/mol. The maximum Gasteiger partial charge on any atom is 0.259 e. The molecule has 0 aliphatic carbocycles. The maximum absolute atomic E-state index is 12.9. The number of carbonyl (C=O) groups is 1. The Labute approximate surface area is 145 Å². The molecule has 0 N–H and O–H groups in total. The van der Waals surface area contributed by atoms with E-state index in [1.165, 1.54) is 0 Å². The van der Waals surface area contributed by atoms with E-state index in [-0.39, 0.29) is 5.91 Å². The number of likely N-dealkylation sites (tertiary alicyclic amines) is 1. The lowest BCUT2D eigenvalue weighted by atomic mass is 9.98. The van der Waals surface area contributed by atoms with E-state index in [0.717, 1.165) is 25.9 Å². The lowest BCUT2D eigenvalue weighted by Gasteiger charge is -2.30. The van der Waals surface area contributed by atoms with E-state index in [1.54, 1.807) is 25.1 Å². The van der Waals surface area contributed by atoms with Gasteiger partial charge in [-0.3, -0.25) is 4.79 Å². The molecular weight excluding hydrogens is 335 g/mol. The van der Waals surface area contributed by atoms with Crippen molar-refractivity contribution < 1.29 is 9.32 Å². The number of rotatable bonds is 2. The highest BCUT2D eigenvalue weighted by molar-refractivity contribution is 6.39. The Balaban J connectivity index is 2.01. The van der Waals surface area contributed by atoms with Gasteiger partial charge in [-0.25, -0.2) is 0 Å². The highest BCUT2D eigenvalue weighted by atomic mass is 35.5. The van der Waals surface area contributed by atoms with E-state index < -0.39 is 0 Å². The first-order valence-corrected chi connectivity index (χ1v) is 8.44. The fourth-order valence-electron chi connectivity index (χ4n) is 2.89. The molecule has 2 heterocycles. The van der Waals surface area contributed by atoms with Gasteiger partial charge in [-0.2, -0.15) is 0 Å². The number of carbonyl (C=O) groups excluding carboxylic acids is 1. The molecule has 1 aromatic heterocycles. The quantitative estimate of drug-likeness (QED) is 0.777. The Hall–Kier alpha value is -1.52. The van der Waals surface area contributed by atoms with Crippen molar-refractivity contribution in [3.05, 3.63) is 39.6 Å². The van der Waals surface area contributed by atoms with Crippen LogP contribution in [0.4, 0.5) is 0 Å². The Morgan fingerprint density at radius 3 is 2.48 bits per heavy atom. The lowest BCUT2D eigenvalue weighted by Crippen LogP contribution is -2.38. The molecular formula is C17H18Cl2N2O2. The molecule has 0 atom stereocenters. The van der Waals surface area contributed by atoms with Crippen LogP contribution in [0, 0.1) is 12.8 Å². The van der Waals surface area contributed by atoms with Crippen molar-refractivity contribution in [2.45, 2.75) is 26.7 Å². The van der Waals surface area contributed by atoms with Gasteiger partial charge in [0.2, 0.25) is 0 Å². The molecule has 0 bridgehead atoms. The van der Waals surface area contributed by atoms with Crippen molar-refractivity contribution in [1.82, 2.24) is 10.1 Å². The first-order valence-electron chi connectivity index (χ1n) is 7.69. The average Bonchev–Trinajstić information content (AvgIpc) is 2.89. The zero-order valence-corrected chi connectivity index (χ0v) is 14.6. The fraction of sp³-hybridized carbons (Fsp3) is 0.412. The highest BCUT2D eigenvalue weighted by Gasteiger charge is 2.29. The van der Waals surface area contributed by atoms with Gasteiger partial charge in [0.15, 0.2) is 0 Å². The molecule has 0 radical (unpaired) electrons. The second-order valence-electron chi connectivity index (χ2n) is 6.03. The third-order valence-corrected chi connectivity index (χ3v) is 4.98. The second-order valence-corrected chi connectivity index (χ2v) is 6.85. The molecule has 6 heteroatoms. The Kier molecular flexibility index (Phi) is 4.64. The van der Waals surface area contributed by atoms with Gasteiger partial charge in [-0.05, 0) is 37.8 Å². The highest BCUT2D eigenvalue weighted by Crippen LogP contribution is 2.37. The fourth-order valence-corrected chi connectivity index (χ4v) is 3.46. The van der Waals surface area contributed by atoms with Gasteiger partial charge >= 0.3 is 0 Å². The standard InChI is InChI=1S/C17H18Cl2N2O2/c1-10-6-8-21(9-7-10)17(22)14-11(2)23-20-16(14)15-12(18)4-3-5-13(15)19/h3-5,10H,6-9H2,1-2H3. The summed E-state index contributed by atoms with van der Waals surface area (Å²) in [6.07, 6.45) is 2.02. The summed E-state index contributed by atoms with van der Waals surface area (Å²) in [5, 5.41) is 4.95. The minimum Gasteiger partial charge on any atom is -0.360 e. The summed E-state index contributed by atoms with van der Waals surface area (Å²) in [4.78, 5) is 14.8. The van der Waals surface area contributed by atoms with Crippen LogP contribution >= 0.6 is 23.2 Å². The van der Waals surface area contributed by atoms with Crippen LogP contribution in [-0.4, -0.2) is 29.1 Å². The number of hydrogen-bond donors (Lipinski definition) is 0. The Morgan fingerprint density at radius 1 is 1.26 bits per heavy atom. The molecule has 1 aromatic carbocycles. The van der Waals surface area contributed by atoms with E-state index in [9.17, 15) is 4.79 Å². The largest absolute Gasteiger partial charge is 0.360 e. The molecule has 122 valence electrons. The number of amides is 1. The summed E-state index contributed by atoms with van der Waals surface area (Å²) in [6, 6.07) is 5.21. The Morgan fingerprint density at radius 2 is 1.87 bits per heavy atom. The predicted octanol–water partition coefficient (Wildman–Crippen LogP) is 4.83. The molecule has 0 spiro atoms. The molecule has 23 heavy (non-hydrogen) atoms. The van der Waals surface area contributed by atoms with Gasteiger partial charge in [-0.15, -0.1) is 0 Å². The number of hydrogen-bond acceptors (Lipinski definition) is 3. The molecule has 3 rings (SSSR count). The molecule has 1 fully saturated rings. The van der Waals surface area contributed by atoms with Crippen LogP contribution in [0.3, 0.4) is 0 Å². The summed E-state index contributed by atoms with van der Waals surface area (Å²) in [6.45, 7) is 5.45. The summed E-state index contributed by atoms with van der Waals surface area (Å²) in [5.41, 5.74) is 1.41. The third kappa shape index (κ3) is 3.10. The Bertz CT molecular complexity index is 714. The summed E-state index contributed by atoms with van der Waals surface area (Å²) in [5.74, 6) is 1.07. The molecule has 0 unspecified atom stereocenters. The van der Waals surface area contributed by atoms with Gasteiger partial charge < -0.3 is 9.42 Å². The number of halogens is 2. The minimum absolute atomic E-state index is 0.0679. The van der Waals surface area contributed by atoms with Gasteiger partial charge in [-0.1, -0.05) is 41.3 Å². The maximum atomic E-state index is 12.9. The molecule has 1 aliphatic heterocycles. The zero-order chi connectivity index (χ0) is 16.6.